The summed E-state index contributed by atoms with van der Waals surface area (Å²) in [7, 11) is 0. The normalized spacial score (nSPS) is 14.3. The Kier molecular flexibility index (Phi) is 2.20. The second-order valence-corrected chi connectivity index (χ2v) is 3.98. The molecule has 0 N–H and O–H groups in total. The van der Waals surface area contributed by atoms with Gasteiger partial charge in [0.15, 0.2) is 0 Å². The van der Waals surface area contributed by atoms with Crippen molar-refractivity contribution >= 4 is 5.91 Å². The van der Waals surface area contributed by atoms with Crippen LogP contribution in [0.25, 0.3) is 0 Å². The monoisotopic (exact) mass is 200 g/mol. The maximum absolute atomic E-state index is 12.0. The van der Waals surface area contributed by atoms with Crippen molar-refractivity contribution in [2.75, 3.05) is 0 Å². The molecule has 0 fully saturated rings. The Morgan fingerprint density at radius 3 is 2.80 bits per heavy atom. The molecule has 1 aliphatic rings. The number of fused-ring (bicyclic) bond motifs is 1. The zero-order valence-electron chi connectivity index (χ0n) is 8.82. The number of hydrogen-bond acceptors (Lipinski definition) is 2. The van der Waals surface area contributed by atoms with Crippen LogP contribution in [-0.2, 0) is 6.54 Å². The van der Waals surface area contributed by atoms with Gasteiger partial charge in [0.1, 0.15) is 0 Å². The Morgan fingerprint density at radius 1 is 1.47 bits per heavy atom. The molecule has 0 saturated heterocycles. The van der Waals surface area contributed by atoms with Gasteiger partial charge in [-0.15, -0.1) is 0 Å². The highest BCUT2D eigenvalue weighted by molar-refractivity contribution is 6.00. The predicted molar refractivity (Wildman–Crippen MR) is 56.2 cm³/mol. The standard InChI is InChI=1S/C12H12N2O/c1-8(2)14-7-10-5-3-4-9(6-13)11(10)12(14)15/h3-5,8H,7H2,1-2H3. The van der Waals surface area contributed by atoms with Gasteiger partial charge in [-0.1, -0.05) is 12.1 Å². The van der Waals surface area contributed by atoms with Gasteiger partial charge in [-0.05, 0) is 25.5 Å². The van der Waals surface area contributed by atoms with Gasteiger partial charge in [0, 0.05) is 12.6 Å². The Balaban J connectivity index is 2.52. The quantitative estimate of drug-likeness (QED) is 0.695. The summed E-state index contributed by atoms with van der Waals surface area (Å²) in [6.07, 6.45) is 0. The molecule has 0 spiro atoms. The molecule has 0 unspecified atom stereocenters. The van der Waals surface area contributed by atoms with Crippen molar-refractivity contribution in [3.63, 3.8) is 0 Å². The van der Waals surface area contributed by atoms with E-state index in [0.29, 0.717) is 17.7 Å². The highest BCUT2D eigenvalue weighted by atomic mass is 16.2. The average Bonchev–Trinajstić information content (AvgIpc) is 2.56. The van der Waals surface area contributed by atoms with Gasteiger partial charge in [-0.3, -0.25) is 4.79 Å². The first kappa shape index (κ1) is 9.72. The number of amides is 1. The van der Waals surface area contributed by atoms with Crippen molar-refractivity contribution in [2.45, 2.75) is 26.4 Å². The second-order valence-electron chi connectivity index (χ2n) is 3.98. The third kappa shape index (κ3) is 1.39. The fourth-order valence-electron chi connectivity index (χ4n) is 1.89. The highest BCUT2D eigenvalue weighted by Crippen LogP contribution is 2.26. The summed E-state index contributed by atoms with van der Waals surface area (Å²) in [5.41, 5.74) is 2.04. The van der Waals surface area contributed by atoms with Crippen molar-refractivity contribution in [2.24, 2.45) is 0 Å². The average molecular weight is 200 g/mol. The summed E-state index contributed by atoms with van der Waals surface area (Å²) in [6, 6.07) is 7.68. The van der Waals surface area contributed by atoms with E-state index in [-0.39, 0.29) is 11.9 Å². The molecule has 3 nitrogen and oxygen atoms in total. The fourth-order valence-corrected chi connectivity index (χ4v) is 1.89. The molecule has 1 heterocycles. The van der Waals surface area contributed by atoms with Crippen LogP contribution in [-0.4, -0.2) is 16.8 Å². The molecule has 0 aromatic heterocycles. The first-order chi connectivity index (χ1) is 7.15. The molecule has 0 atom stereocenters. The predicted octanol–water partition coefficient (Wildman–Crippen LogP) is 1.92. The third-order valence-corrected chi connectivity index (χ3v) is 2.71. The number of carbonyl (C=O) groups excluding carboxylic acids is 1. The van der Waals surface area contributed by atoms with E-state index in [0.717, 1.165) is 5.56 Å². The Morgan fingerprint density at radius 2 is 2.20 bits per heavy atom. The number of nitriles is 1. The summed E-state index contributed by atoms with van der Waals surface area (Å²) in [4.78, 5) is 13.8. The zero-order chi connectivity index (χ0) is 11.0. The van der Waals surface area contributed by atoms with Crippen LogP contribution >= 0.6 is 0 Å². The lowest BCUT2D eigenvalue weighted by Gasteiger charge is -2.19. The zero-order valence-corrected chi connectivity index (χ0v) is 8.82. The van der Waals surface area contributed by atoms with E-state index < -0.39 is 0 Å². The summed E-state index contributed by atoms with van der Waals surface area (Å²) < 4.78 is 0. The Bertz CT molecular complexity index is 457. The van der Waals surface area contributed by atoms with Crippen molar-refractivity contribution in [1.29, 1.82) is 5.26 Å². The number of hydrogen-bond donors (Lipinski definition) is 0. The molecular weight excluding hydrogens is 188 g/mol. The number of nitrogens with zero attached hydrogens (tertiary/aromatic N) is 2. The molecule has 1 aromatic carbocycles. The largest absolute Gasteiger partial charge is 0.332 e. The Hall–Kier alpha value is -1.82. The van der Waals surface area contributed by atoms with Gasteiger partial charge < -0.3 is 4.90 Å². The SMILES string of the molecule is CC(C)N1Cc2cccc(C#N)c2C1=O. The van der Waals surface area contributed by atoms with Crippen LogP contribution < -0.4 is 0 Å². The molecule has 1 aromatic rings. The van der Waals surface area contributed by atoms with Crippen LogP contribution in [0.5, 0.6) is 0 Å². The van der Waals surface area contributed by atoms with Crippen LogP contribution in [0.3, 0.4) is 0 Å². The Labute approximate surface area is 88.9 Å². The highest BCUT2D eigenvalue weighted by Gasteiger charge is 2.30. The number of benzene rings is 1. The molecule has 2 rings (SSSR count). The summed E-state index contributed by atoms with van der Waals surface area (Å²) >= 11 is 0. The van der Waals surface area contributed by atoms with Crippen LogP contribution in [0, 0.1) is 11.3 Å². The van der Waals surface area contributed by atoms with Crippen molar-refractivity contribution in [3.05, 3.63) is 34.9 Å². The van der Waals surface area contributed by atoms with Gasteiger partial charge in [-0.25, -0.2) is 0 Å². The van der Waals surface area contributed by atoms with Gasteiger partial charge in [-0.2, -0.15) is 5.26 Å². The van der Waals surface area contributed by atoms with E-state index in [9.17, 15) is 4.79 Å². The van der Waals surface area contributed by atoms with E-state index >= 15 is 0 Å². The second kappa shape index (κ2) is 3.39. The van der Waals surface area contributed by atoms with Crippen molar-refractivity contribution in [1.82, 2.24) is 4.90 Å². The molecule has 0 aliphatic carbocycles. The minimum absolute atomic E-state index is 0.0165. The van der Waals surface area contributed by atoms with Crippen molar-refractivity contribution < 1.29 is 4.79 Å². The molecule has 76 valence electrons. The molecule has 0 radical (unpaired) electrons. The van der Waals surface area contributed by atoms with Gasteiger partial charge in [0.2, 0.25) is 0 Å². The third-order valence-electron chi connectivity index (χ3n) is 2.71. The summed E-state index contributed by atoms with van der Waals surface area (Å²) in [6.45, 7) is 4.59. The van der Waals surface area contributed by atoms with Crippen LogP contribution in [0.2, 0.25) is 0 Å². The molecule has 15 heavy (non-hydrogen) atoms. The van der Waals surface area contributed by atoms with E-state index in [2.05, 4.69) is 6.07 Å². The summed E-state index contributed by atoms with van der Waals surface area (Å²) in [5, 5.41) is 8.92. The lowest BCUT2D eigenvalue weighted by Crippen LogP contribution is -2.31. The molecule has 0 saturated carbocycles. The van der Waals surface area contributed by atoms with E-state index in [1.54, 1.807) is 11.0 Å². The van der Waals surface area contributed by atoms with Crippen LogP contribution in [0.1, 0.15) is 35.3 Å². The first-order valence-electron chi connectivity index (χ1n) is 4.98. The lowest BCUT2D eigenvalue weighted by molar-refractivity contribution is 0.0730. The van der Waals surface area contributed by atoms with Gasteiger partial charge in [0.05, 0.1) is 17.2 Å². The maximum atomic E-state index is 12.0. The van der Waals surface area contributed by atoms with Gasteiger partial charge >= 0.3 is 0 Å². The first-order valence-corrected chi connectivity index (χ1v) is 4.98. The van der Waals surface area contributed by atoms with Crippen LogP contribution in [0.15, 0.2) is 18.2 Å². The molecular formula is C12H12N2O. The minimum Gasteiger partial charge on any atom is -0.332 e. The number of rotatable bonds is 1. The molecule has 0 bridgehead atoms. The maximum Gasteiger partial charge on any atom is 0.256 e. The topological polar surface area (TPSA) is 44.1 Å². The fraction of sp³-hybridized carbons (Fsp3) is 0.333. The van der Waals surface area contributed by atoms with E-state index in [1.165, 1.54) is 0 Å². The van der Waals surface area contributed by atoms with Crippen LogP contribution in [0.4, 0.5) is 0 Å². The van der Waals surface area contributed by atoms with E-state index in [1.807, 2.05) is 26.0 Å². The minimum atomic E-state index is -0.0165. The lowest BCUT2D eigenvalue weighted by atomic mass is 10.0. The van der Waals surface area contributed by atoms with Gasteiger partial charge in [0.25, 0.3) is 5.91 Å². The molecule has 1 amide bonds. The number of carbonyl (C=O) groups is 1. The molecule has 1 aliphatic heterocycles. The van der Waals surface area contributed by atoms with E-state index in [4.69, 9.17) is 5.26 Å². The smallest absolute Gasteiger partial charge is 0.256 e. The van der Waals surface area contributed by atoms with Crippen molar-refractivity contribution in [3.8, 4) is 6.07 Å². The summed E-state index contributed by atoms with van der Waals surface area (Å²) in [5.74, 6) is -0.0165. The molecule has 3 heteroatoms.